The molecule has 0 aliphatic rings. The molecule has 0 aromatic heterocycles. The molecule has 0 aliphatic heterocycles. The van der Waals surface area contributed by atoms with Crippen LogP contribution in [0, 0.1) is 6.92 Å². The first-order valence-electron chi connectivity index (χ1n) is 27.7. The second kappa shape index (κ2) is 49.5. The van der Waals surface area contributed by atoms with E-state index in [2.05, 4.69) is 31.9 Å². The Morgan fingerprint density at radius 2 is 1.08 bits per heavy atom. The average molecular weight is 1080 g/mol. The number of carbonyl (C=O) groups excluding carboxylic acids is 6. The molecule has 0 saturated heterocycles. The number of ether oxygens (including phenoxy) is 4. The Bertz CT molecular complexity index is 1720. The zero-order valence-electron chi connectivity index (χ0n) is 46.5. The summed E-state index contributed by atoms with van der Waals surface area (Å²) in [6.45, 7) is 7.35. The fourth-order valence-corrected chi connectivity index (χ4v) is 7.65. The van der Waals surface area contributed by atoms with Crippen LogP contribution in [0.25, 0.3) is 0 Å². The van der Waals surface area contributed by atoms with Crippen molar-refractivity contribution < 1.29 is 67.5 Å². The highest BCUT2D eigenvalue weighted by atomic mass is 16.5. The zero-order valence-corrected chi connectivity index (χ0v) is 46.5. The molecule has 1 unspecified atom stereocenters. The SMILES string of the molecule is CCC(=O)NCCOCCOCC(=O)NCCCC[C@H](NC)C(=O)CN[C@@H](Cc1ccc(C)cc1)C(N)=O.COCCOCCNC(=O)CCC(NC(=O)CCCCCCCCCCCCCCCCC(=O)O)C(=O)O. The van der Waals surface area contributed by atoms with Crippen LogP contribution in [0.5, 0.6) is 0 Å². The van der Waals surface area contributed by atoms with Crippen LogP contribution in [0.2, 0.25) is 0 Å². The lowest BCUT2D eigenvalue weighted by Gasteiger charge is -2.19. The monoisotopic (exact) mass is 1080 g/mol. The molecule has 0 saturated carbocycles. The molecule has 0 radical (unpaired) electrons. The summed E-state index contributed by atoms with van der Waals surface area (Å²) in [7, 11) is 3.30. The minimum Gasteiger partial charge on any atom is -0.481 e. The zero-order chi connectivity index (χ0) is 56.4. The van der Waals surface area contributed by atoms with Crippen molar-refractivity contribution in [1.29, 1.82) is 0 Å². The normalized spacial score (nSPS) is 12.1. The Labute approximate surface area is 452 Å². The van der Waals surface area contributed by atoms with E-state index in [0.29, 0.717) is 84.8 Å². The van der Waals surface area contributed by atoms with Crippen LogP contribution < -0.4 is 37.6 Å². The topological polar surface area (TPSA) is 312 Å². The molecule has 0 bridgehead atoms. The Balaban J connectivity index is 0.00000148. The lowest BCUT2D eigenvalue weighted by molar-refractivity contribution is -0.142. The summed E-state index contributed by atoms with van der Waals surface area (Å²) in [5.74, 6) is -3.17. The van der Waals surface area contributed by atoms with E-state index in [-0.39, 0.29) is 74.5 Å². The smallest absolute Gasteiger partial charge is 0.326 e. The molecule has 21 nitrogen and oxygen atoms in total. The molecule has 0 fully saturated rings. The van der Waals surface area contributed by atoms with Crippen molar-refractivity contribution in [3.63, 3.8) is 0 Å². The molecule has 76 heavy (non-hydrogen) atoms. The third-order valence-electron chi connectivity index (χ3n) is 12.2. The molecule has 0 heterocycles. The minimum absolute atomic E-state index is 0.0178. The quantitative estimate of drug-likeness (QED) is 0.0408. The number of nitrogens with two attached hydrogens (primary N) is 1. The fraction of sp³-hybridized carbons (Fsp3) is 0.745. The third kappa shape index (κ3) is 44.1. The highest BCUT2D eigenvalue weighted by Crippen LogP contribution is 2.14. The number of Topliss-reactive ketones (excluding diaryl/α,β-unsaturated/α-hetero) is 1. The molecule has 10 N–H and O–H groups in total. The van der Waals surface area contributed by atoms with E-state index in [1.165, 1.54) is 44.9 Å². The van der Waals surface area contributed by atoms with Gasteiger partial charge in [0, 0.05) is 52.4 Å². The summed E-state index contributed by atoms with van der Waals surface area (Å²) in [5.41, 5.74) is 7.63. The Morgan fingerprint density at radius 1 is 0.553 bits per heavy atom. The number of methoxy groups -OCH3 is 1. The number of ketones is 1. The Hall–Kier alpha value is -5.06. The molecule has 436 valence electrons. The number of nitrogens with one attached hydrogen (secondary N) is 6. The first-order valence-corrected chi connectivity index (χ1v) is 27.7. The van der Waals surface area contributed by atoms with E-state index in [4.69, 9.17) is 29.8 Å². The van der Waals surface area contributed by atoms with Gasteiger partial charge in [0.2, 0.25) is 29.5 Å². The van der Waals surface area contributed by atoms with E-state index in [1.54, 1.807) is 21.1 Å². The molecule has 1 aromatic rings. The average Bonchev–Trinajstić information content (AvgIpc) is 3.39. The van der Waals surface area contributed by atoms with Crippen LogP contribution in [0.1, 0.15) is 159 Å². The third-order valence-corrected chi connectivity index (χ3v) is 12.2. The molecular formula is C55H97N7O14. The van der Waals surface area contributed by atoms with Crippen molar-refractivity contribution in [3.8, 4) is 0 Å². The van der Waals surface area contributed by atoms with Crippen molar-refractivity contribution >= 4 is 47.3 Å². The number of primary amides is 1. The number of likely N-dealkylation sites (N-methyl/N-ethyl adjacent to an activating group) is 1. The number of benzene rings is 1. The number of carboxylic acids is 2. The van der Waals surface area contributed by atoms with Crippen molar-refractivity contribution in [1.82, 2.24) is 31.9 Å². The summed E-state index contributed by atoms with van der Waals surface area (Å²) < 4.78 is 20.7. The van der Waals surface area contributed by atoms with Gasteiger partial charge in [-0.05, 0) is 64.5 Å². The van der Waals surface area contributed by atoms with Gasteiger partial charge in [-0.25, -0.2) is 4.79 Å². The highest BCUT2D eigenvalue weighted by molar-refractivity contribution is 5.87. The molecule has 21 heteroatoms. The molecule has 0 spiro atoms. The van der Waals surface area contributed by atoms with Gasteiger partial charge in [0.05, 0.1) is 58.3 Å². The molecule has 1 rings (SSSR count). The molecule has 1 aromatic carbocycles. The number of carboxylic acid groups (broad SMARTS) is 2. The van der Waals surface area contributed by atoms with Gasteiger partial charge >= 0.3 is 11.9 Å². The maximum Gasteiger partial charge on any atom is 0.326 e. The molecule has 0 aliphatic carbocycles. The number of aliphatic carboxylic acids is 2. The first-order chi connectivity index (χ1) is 36.6. The van der Waals surface area contributed by atoms with Gasteiger partial charge in [-0.3, -0.25) is 38.9 Å². The van der Waals surface area contributed by atoms with Gasteiger partial charge in [-0.1, -0.05) is 114 Å². The van der Waals surface area contributed by atoms with Gasteiger partial charge in [-0.15, -0.1) is 0 Å². The number of carbonyl (C=O) groups is 8. The number of hydrogen-bond donors (Lipinski definition) is 9. The van der Waals surface area contributed by atoms with Crippen molar-refractivity contribution in [2.75, 3.05) is 86.6 Å². The van der Waals surface area contributed by atoms with Gasteiger partial charge in [-0.2, -0.15) is 0 Å². The lowest BCUT2D eigenvalue weighted by Crippen LogP contribution is -2.48. The van der Waals surface area contributed by atoms with E-state index >= 15 is 0 Å². The van der Waals surface area contributed by atoms with Crippen LogP contribution >= 0.6 is 0 Å². The summed E-state index contributed by atoms with van der Waals surface area (Å²) in [6, 6.07) is 5.79. The largest absolute Gasteiger partial charge is 0.481 e. The summed E-state index contributed by atoms with van der Waals surface area (Å²) >= 11 is 0. The summed E-state index contributed by atoms with van der Waals surface area (Å²) in [6.07, 6.45) is 19.0. The van der Waals surface area contributed by atoms with Crippen molar-refractivity contribution in [2.24, 2.45) is 5.73 Å². The highest BCUT2D eigenvalue weighted by Gasteiger charge is 2.22. The second-order valence-electron chi connectivity index (χ2n) is 18.8. The number of unbranched alkanes of at least 4 members (excludes halogenated alkanes) is 14. The van der Waals surface area contributed by atoms with Gasteiger partial charge in [0.15, 0.2) is 5.78 Å². The van der Waals surface area contributed by atoms with Crippen LogP contribution in [0.15, 0.2) is 24.3 Å². The number of hydrogen-bond acceptors (Lipinski definition) is 14. The molecule has 5 amide bonds. The second-order valence-corrected chi connectivity index (χ2v) is 18.8. The van der Waals surface area contributed by atoms with Crippen LogP contribution in [0.3, 0.4) is 0 Å². The summed E-state index contributed by atoms with van der Waals surface area (Å²) in [5, 5.41) is 34.7. The predicted octanol–water partition coefficient (Wildman–Crippen LogP) is 4.43. The van der Waals surface area contributed by atoms with Gasteiger partial charge < -0.3 is 61.5 Å². The Kier molecular flexibility index (Phi) is 46.2. The van der Waals surface area contributed by atoms with Gasteiger partial charge in [0.25, 0.3) is 0 Å². The summed E-state index contributed by atoms with van der Waals surface area (Å²) in [4.78, 5) is 93.4. The van der Waals surface area contributed by atoms with E-state index in [0.717, 1.165) is 62.5 Å². The van der Waals surface area contributed by atoms with E-state index in [9.17, 15) is 43.5 Å². The maximum absolute atomic E-state index is 12.7. The first kappa shape index (κ1) is 70.9. The van der Waals surface area contributed by atoms with Crippen LogP contribution in [-0.4, -0.2) is 162 Å². The van der Waals surface area contributed by atoms with Crippen LogP contribution in [0.4, 0.5) is 0 Å². The van der Waals surface area contributed by atoms with Crippen LogP contribution in [-0.2, 0) is 63.7 Å². The molecule has 3 atom stereocenters. The van der Waals surface area contributed by atoms with Crippen molar-refractivity contribution in [2.45, 2.75) is 180 Å². The van der Waals surface area contributed by atoms with Crippen molar-refractivity contribution in [3.05, 3.63) is 35.4 Å². The standard InChI is InChI=1S/C28H52N2O8.C27H45N5O6/c1-37-22-23-38-21-20-29-25(31)19-18-24(28(35)36)30-26(32)16-14-12-10-8-6-4-2-3-5-7-9-11-13-15-17-27(33)34;1-4-25(34)31-13-14-37-15-16-38-19-26(35)30-12-6-5-7-22(29-3)24(33)18-32-23(27(28)36)17-21-10-8-20(2)9-11-21/h24H,2-23H2,1H3,(H,29,31)(H,30,32)(H,33,34)(H,35,36);8-11,22-23,29,32H,4-7,12-19H2,1-3H3,(H2,28,36)(H,30,35)(H,31,34)/t;22-,23-/m.0/s1. The van der Waals surface area contributed by atoms with Gasteiger partial charge in [0.1, 0.15) is 12.6 Å². The lowest BCUT2D eigenvalue weighted by atomic mass is 10.0. The maximum atomic E-state index is 12.7. The Morgan fingerprint density at radius 3 is 1.61 bits per heavy atom. The number of aryl methyl sites for hydroxylation is 1. The van der Waals surface area contributed by atoms with E-state index in [1.807, 2.05) is 31.2 Å². The van der Waals surface area contributed by atoms with E-state index < -0.39 is 29.9 Å². The number of rotatable bonds is 50. The fourth-order valence-electron chi connectivity index (χ4n) is 7.65. The minimum atomic E-state index is -1.13. The predicted molar refractivity (Wildman–Crippen MR) is 292 cm³/mol. The number of amides is 5. The molecular weight excluding hydrogens is 983 g/mol.